The number of hydrogen-bond donors (Lipinski definition) is 2. The molecule has 0 aromatic heterocycles. The summed E-state index contributed by atoms with van der Waals surface area (Å²) >= 11 is 1.22. The number of thioether (sulfide) groups is 1. The van der Waals surface area contributed by atoms with Gasteiger partial charge in [0.1, 0.15) is 6.04 Å². The Morgan fingerprint density at radius 2 is 2.05 bits per heavy atom. The van der Waals surface area contributed by atoms with E-state index in [0.29, 0.717) is 16.4 Å². The zero-order valence-electron chi connectivity index (χ0n) is 12.3. The number of nitrogens with two attached hydrogens (primary N) is 1. The minimum absolute atomic E-state index is 0.142. The third-order valence-electron chi connectivity index (χ3n) is 3.15. The number of benzene rings is 1. The molecule has 1 unspecified atom stereocenters. The van der Waals surface area contributed by atoms with Crippen LogP contribution in [0.2, 0.25) is 0 Å². The van der Waals surface area contributed by atoms with Crippen molar-refractivity contribution >= 4 is 28.8 Å². The number of methoxy groups -OCH3 is 1. The number of carbonyl (C=O) groups is 2. The number of amides is 1. The van der Waals surface area contributed by atoms with E-state index >= 15 is 0 Å². The Balaban J connectivity index is 2.30. The predicted octanol–water partition coefficient (Wildman–Crippen LogP) is 1.35. The fraction of sp³-hybridized carbons (Fsp3) is 0.267. The van der Waals surface area contributed by atoms with E-state index in [4.69, 9.17) is 5.73 Å². The summed E-state index contributed by atoms with van der Waals surface area (Å²) in [6.07, 6.45) is 0. The molecule has 3 N–H and O–H groups in total. The predicted molar refractivity (Wildman–Crippen MR) is 86.1 cm³/mol. The third kappa shape index (κ3) is 3.67. The summed E-state index contributed by atoms with van der Waals surface area (Å²) in [6.45, 7) is 1.77. The number of hydrogen-bond acceptors (Lipinski definition) is 6. The highest BCUT2D eigenvalue weighted by Crippen LogP contribution is 2.31. The van der Waals surface area contributed by atoms with Gasteiger partial charge in [0.2, 0.25) is 5.91 Å². The Hall–Kier alpha value is -2.28. The van der Waals surface area contributed by atoms with Crippen LogP contribution in [0.25, 0.3) is 0 Å². The molecule has 0 saturated carbocycles. The quantitative estimate of drug-likeness (QED) is 0.817. The molecule has 1 aliphatic rings. The van der Waals surface area contributed by atoms with Gasteiger partial charge < -0.3 is 15.8 Å². The van der Waals surface area contributed by atoms with Gasteiger partial charge in [0.25, 0.3) is 0 Å². The van der Waals surface area contributed by atoms with Gasteiger partial charge in [0, 0.05) is 5.70 Å². The Bertz CT molecular complexity index is 641. The Kier molecular flexibility index (Phi) is 5.21. The molecule has 0 fully saturated rings. The molecular formula is C15H17N3O3S. The maximum atomic E-state index is 11.7. The van der Waals surface area contributed by atoms with Crippen molar-refractivity contribution in [2.45, 2.75) is 13.0 Å². The molecule has 0 aliphatic carbocycles. The van der Waals surface area contributed by atoms with Gasteiger partial charge in [-0.3, -0.25) is 9.59 Å². The first-order valence-corrected chi connectivity index (χ1v) is 7.61. The number of amidine groups is 1. The van der Waals surface area contributed by atoms with E-state index in [2.05, 4.69) is 15.0 Å². The van der Waals surface area contributed by atoms with Crippen molar-refractivity contribution < 1.29 is 14.3 Å². The van der Waals surface area contributed by atoms with Crippen LogP contribution in [0.1, 0.15) is 18.5 Å². The number of carbonyl (C=O) groups excluding carboxylic acids is 2. The number of primary amides is 1. The highest BCUT2D eigenvalue weighted by Gasteiger charge is 2.27. The van der Waals surface area contributed by atoms with E-state index in [1.54, 1.807) is 6.92 Å². The summed E-state index contributed by atoms with van der Waals surface area (Å²) in [7, 11) is 1.34. The average molecular weight is 319 g/mol. The van der Waals surface area contributed by atoms with Crippen molar-refractivity contribution in [1.82, 2.24) is 5.32 Å². The van der Waals surface area contributed by atoms with Gasteiger partial charge in [-0.2, -0.15) is 0 Å². The van der Waals surface area contributed by atoms with Crippen LogP contribution in [0.5, 0.6) is 0 Å². The molecule has 1 heterocycles. The van der Waals surface area contributed by atoms with E-state index in [0.717, 1.165) is 5.56 Å². The second kappa shape index (κ2) is 7.13. The molecule has 2 rings (SSSR count). The largest absolute Gasteiger partial charge is 0.468 e. The standard InChI is InChI=1S/C15H17N3O3S/c1-9-12(14(16)20)13(10-6-4-3-5-7-10)18-15(17-9)22-8-11(19)21-2/h3-7,13H,8H2,1-2H3,(H2,16,20)(H,17,18). The normalized spacial score (nSPS) is 17.5. The maximum absolute atomic E-state index is 11.7. The highest BCUT2D eigenvalue weighted by molar-refractivity contribution is 8.14. The number of nitrogens with one attached hydrogen (secondary N) is 1. The molecule has 0 radical (unpaired) electrons. The zero-order chi connectivity index (χ0) is 16.1. The van der Waals surface area contributed by atoms with Crippen molar-refractivity contribution in [3.63, 3.8) is 0 Å². The second-order valence-electron chi connectivity index (χ2n) is 4.64. The number of aliphatic imine (C=N–C) groups is 1. The van der Waals surface area contributed by atoms with E-state index in [1.165, 1.54) is 18.9 Å². The van der Waals surface area contributed by atoms with Gasteiger partial charge in [0.15, 0.2) is 5.17 Å². The monoisotopic (exact) mass is 319 g/mol. The molecule has 1 amide bonds. The van der Waals surface area contributed by atoms with E-state index < -0.39 is 11.9 Å². The van der Waals surface area contributed by atoms with Crippen molar-refractivity contribution in [2.75, 3.05) is 12.9 Å². The Morgan fingerprint density at radius 1 is 1.36 bits per heavy atom. The molecule has 7 heteroatoms. The molecule has 0 saturated heterocycles. The molecule has 116 valence electrons. The number of nitrogens with zero attached hydrogens (tertiary/aromatic N) is 1. The topological polar surface area (TPSA) is 93.8 Å². The fourth-order valence-corrected chi connectivity index (χ4v) is 2.88. The van der Waals surface area contributed by atoms with Gasteiger partial charge in [-0.1, -0.05) is 42.1 Å². The van der Waals surface area contributed by atoms with Crippen LogP contribution in [0, 0.1) is 0 Å². The first-order valence-electron chi connectivity index (χ1n) is 6.63. The summed E-state index contributed by atoms with van der Waals surface area (Å²) in [4.78, 5) is 27.5. The van der Waals surface area contributed by atoms with Crippen LogP contribution in [-0.4, -0.2) is 29.9 Å². The van der Waals surface area contributed by atoms with Gasteiger partial charge in [-0.05, 0) is 12.5 Å². The summed E-state index contributed by atoms with van der Waals surface area (Å²) in [6, 6.07) is 8.95. The molecule has 1 aromatic rings. The lowest BCUT2D eigenvalue weighted by molar-refractivity contribution is -0.137. The van der Waals surface area contributed by atoms with Gasteiger partial charge in [-0.25, -0.2) is 4.99 Å². The van der Waals surface area contributed by atoms with E-state index in [-0.39, 0.29) is 11.7 Å². The smallest absolute Gasteiger partial charge is 0.316 e. The molecular weight excluding hydrogens is 302 g/mol. The van der Waals surface area contributed by atoms with Crippen LogP contribution >= 0.6 is 11.8 Å². The fourth-order valence-electron chi connectivity index (χ4n) is 2.10. The van der Waals surface area contributed by atoms with Crippen LogP contribution < -0.4 is 11.1 Å². The number of ether oxygens (including phenoxy) is 1. The second-order valence-corrected chi connectivity index (χ2v) is 5.60. The molecule has 1 aromatic carbocycles. The first kappa shape index (κ1) is 16.1. The summed E-state index contributed by atoms with van der Waals surface area (Å²) in [5, 5.41) is 3.57. The summed E-state index contributed by atoms with van der Waals surface area (Å²) in [5.74, 6) is -0.712. The van der Waals surface area contributed by atoms with Gasteiger partial charge in [-0.15, -0.1) is 0 Å². The minimum atomic E-state index is -0.514. The van der Waals surface area contributed by atoms with Crippen LogP contribution in [0.3, 0.4) is 0 Å². The minimum Gasteiger partial charge on any atom is -0.468 e. The van der Waals surface area contributed by atoms with Crippen molar-refractivity contribution in [2.24, 2.45) is 10.7 Å². The first-order chi connectivity index (χ1) is 10.5. The van der Waals surface area contributed by atoms with Crippen LogP contribution in [0.15, 0.2) is 46.6 Å². The summed E-state index contributed by atoms with van der Waals surface area (Å²) < 4.78 is 4.61. The third-order valence-corrected chi connectivity index (χ3v) is 4.01. The SMILES string of the molecule is COC(=O)CSC1=NC(c2ccccc2)C(C(N)=O)=C(C)N1. The van der Waals surface area contributed by atoms with Crippen LogP contribution in [-0.2, 0) is 14.3 Å². The Morgan fingerprint density at radius 3 is 2.64 bits per heavy atom. The molecule has 1 aliphatic heterocycles. The van der Waals surface area contributed by atoms with Crippen molar-refractivity contribution in [3.8, 4) is 0 Å². The highest BCUT2D eigenvalue weighted by atomic mass is 32.2. The average Bonchev–Trinajstić information content (AvgIpc) is 2.52. The summed E-state index contributed by atoms with van der Waals surface area (Å²) in [5.41, 5.74) is 7.42. The maximum Gasteiger partial charge on any atom is 0.316 e. The number of allylic oxidation sites excluding steroid dienone is 1. The van der Waals surface area contributed by atoms with Gasteiger partial charge >= 0.3 is 5.97 Å². The molecule has 6 nitrogen and oxygen atoms in total. The lowest BCUT2D eigenvalue weighted by Gasteiger charge is -2.25. The lowest BCUT2D eigenvalue weighted by Crippen LogP contribution is -2.32. The number of esters is 1. The van der Waals surface area contributed by atoms with E-state index in [1.807, 2.05) is 30.3 Å². The molecule has 0 spiro atoms. The molecule has 0 bridgehead atoms. The van der Waals surface area contributed by atoms with Crippen LogP contribution in [0.4, 0.5) is 0 Å². The van der Waals surface area contributed by atoms with Crippen molar-refractivity contribution in [3.05, 3.63) is 47.2 Å². The Labute approximate surface area is 132 Å². The van der Waals surface area contributed by atoms with Gasteiger partial charge in [0.05, 0.1) is 18.4 Å². The van der Waals surface area contributed by atoms with Crippen molar-refractivity contribution in [1.29, 1.82) is 0 Å². The number of rotatable bonds is 4. The van der Waals surface area contributed by atoms with E-state index in [9.17, 15) is 9.59 Å². The molecule has 22 heavy (non-hydrogen) atoms. The molecule has 1 atom stereocenters. The zero-order valence-corrected chi connectivity index (χ0v) is 13.1. The lowest BCUT2D eigenvalue weighted by atomic mass is 9.96.